The van der Waals surface area contributed by atoms with E-state index in [2.05, 4.69) is 70.5 Å². The first-order chi connectivity index (χ1) is 19.1. The largest absolute Gasteiger partial charge is 0.497 e. The molecule has 4 aromatic rings. The van der Waals surface area contributed by atoms with E-state index in [4.69, 9.17) is 4.74 Å². The SMILES string of the molecule is COc1ccc([C@H]2c3cccn3-c3sc4c(c3CN2C(=O)Nc2cccc3c2CCCC3)CCN(C)C4)cc1. The third-order valence-electron chi connectivity index (χ3n) is 8.59. The molecule has 0 bridgehead atoms. The first kappa shape index (κ1) is 24.5. The second-order valence-electron chi connectivity index (χ2n) is 11.0. The van der Waals surface area contributed by atoms with Crippen LogP contribution in [0.15, 0.2) is 60.8 Å². The molecule has 39 heavy (non-hydrogen) atoms. The number of aromatic nitrogens is 1. The van der Waals surface area contributed by atoms with Crippen LogP contribution in [-0.4, -0.2) is 41.1 Å². The van der Waals surface area contributed by atoms with E-state index in [1.807, 2.05) is 28.4 Å². The van der Waals surface area contributed by atoms with Gasteiger partial charge in [-0.3, -0.25) is 0 Å². The van der Waals surface area contributed by atoms with E-state index >= 15 is 0 Å². The molecule has 2 aliphatic heterocycles. The Labute approximate surface area is 233 Å². The number of amides is 2. The molecule has 200 valence electrons. The average molecular weight is 539 g/mol. The van der Waals surface area contributed by atoms with Crippen LogP contribution in [0.1, 0.15) is 57.3 Å². The van der Waals surface area contributed by atoms with Crippen molar-refractivity contribution in [1.29, 1.82) is 0 Å². The van der Waals surface area contributed by atoms with Crippen molar-refractivity contribution in [2.75, 3.05) is 26.0 Å². The summed E-state index contributed by atoms with van der Waals surface area (Å²) in [6.07, 6.45) is 7.67. The summed E-state index contributed by atoms with van der Waals surface area (Å²) in [6, 6.07) is 18.5. The number of nitrogens with one attached hydrogen (secondary N) is 1. The molecule has 0 fully saturated rings. The Balaban J connectivity index is 1.35. The maximum Gasteiger partial charge on any atom is 0.322 e. The zero-order chi connectivity index (χ0) is 26.5. The number of nitrogens with zero attached hydrogens (tertiary/aromatic N) is 3. The van der Waals surface area contributed by atoms with Crippen LogP contribution in [0.3, 0.4) is 0 Å². The minimum atomic E-state index is -0.230. The Morgan fingerprint density at radius 2 is 1.79 bits per heavy atom. The Hall–Kier alpha value is -3.55. The fraction of sp³-hybridized carbons (Fsp3) is 0.344. The monoisotopic (exact) mass is 538 g/mol. The standard InChI is InChI=1S/C32H34N4O2S/c1-34-18-16-25-26-19-36(32(37)33-27-10-5-8-21-7-3-4-9-24(21)27)30(22-12-14-23(38-2)15-13-22)28-11-6-17-35(28)31(26)39-29(25)20-34/h5-6,8,10-15,17,30H,3-4,7,9,16,18-20H2,1-2H3,(H,33,37)/t30-/m0/s1. The molecule has 7 heteroatoms. The predicted molar refractivity (Wildman–Crippen MR) is 156 cm³/mol. The maximum absolute atomic E-state index is 14.4. The molecule has 0 saturated carbocycles. The molecule has 7 rings (SSSR count). The number of hydrogen-bond acceptors (Lipinski definition) is 4. The van der Waals surface area contributed by atoms with Gasteiger partial charge in [-0.1, -0.05) is 24.3 Å². The number of fused-ring (bicyclic) bond motifs is 6. The number of methoxy groups -OCH3 is 1. The smallest absolute Gasteiger partial charge is 0.322 e. The lowest BCUT2D eigenvalue weighted by Crippen LogP contribution is -2.38. The van der Waals surface area contributed by atoms with Crippen LogP contribution >= 0.6 is 11.3 Å². The average Bonchev–Trinajstić information content (AvgIpc) is 3.54. The molecule has 1 aliphatic carbocycles. The molecule has 2 amide bonds. The van der Waals surface area contributed by atoms with Crippen molar-refractivity contribution in [3.63, 3.8) is 0 Å². The number of benzene rings is 2. The van der Waals surface area contributed by atoms with Crippen LogP contribution < -0.4 is 10.1 Å². The van der Waals surface area contributed by atoms with Gasteiger partial charge in [0, 0.05) is 35.4 Å². The van der Waals surface area contributed by atoms with E-state index < -0.39 is 0 Å². The summed E-state index contributed by atoms with van der Waals surface area (Å²) in [5.41, 5.74) is 8.53. The number of urea groups is 1. The van der Waals surface area contributed by atoms with Crippen molar-refractivity contribution in [2.45, 2.75) is 51.2 Å². The molecular weight excluding hydrogens is 504 g/mol. The van der Waals surface area contributed by atoms with E-state index in [-0.39, 0.29) is 12.1 Å². The van der Waals surface area contributed by atoms with Crippen molar-refractivity contribution in [3.05, 3.63) is 99.2 Å². The molecular formula is C32H34N4O2S. The number of hydrogen-bond donors (Lipinski definition) is 1. The summed E-state index contributed by atoms with van der Waals surface area (Å²) < 4.78 is 7.77. The van der Waals surface area contributed by atoms with Gasteiger partial charge in [0.25, 0.3) is 0 Å². The minimum Gasteiger partial charge on any atom is -0.497 e. The molecule has 6 nitrogen and oxygen atoms in total. The van der Waals surface area contributed by atoms with Gasteiger partial charge in [0.2, 0.25) is 0 Å². The molecule has 1 N–H and O–H groups in total. The van der Waals surface area contributed by atoms with E-state index in [1.165, 1.54) is 45.0 Å². The normalized spacial score (nSPS) is 18.4. The van der Waals surface area contributed by atoms with Gasteiger partial charge in [-0.05, 0) is 91.7 Å². The molecule has 2 aromatic carbocycles. The second kappa shape index (κ2) is 9.88. The first-order valence-corrected chi connectivity index (χ1v) is 14.7. The van der Waals surface area contributed by atoms with Crippen molar-refractivity contribution in [1.82, 2.24) is 14.4 Å². The second-order valence-corrected chi connectivity index (χ2v) is 12.0. The van der Waals surface area contributed by atoms with E-state index in [9.17, 15) is 4.79 Å². The Morgan fingerprint density at radius 3 is 2.64 bits per heavy atom. The topological polar surface area (TPSA) is 49.7 Å². The van der Waals surface area contributed by atoms with Gasteiger partial charge in [0.15, 0.2) is 0 Å². The highest BCUT2D eigenvalue weighted by atomic mass is 32.1. The van der Waals surface area contributed by atoms with Gasteiger partial charge in [-0.25, -0.2) is 4.79 Å². The number of rotatable bonds is 3. The maximum atomic E-state index is 14.4. The highest BCUT2D eigenvalue weighted by Gasteiger charge is 2.36. The summed E-state index contributed by atoms with van der Waals surface area (Å²) in [5, 5.41) is 4.62. The molecule has 4 heterocycles. The lowest BCUT2D eigenvalue weighted by atomic mass is 9.90. The van der Waals surface area contributed by atoms with Gasteiger partial charge >= 0.3 is 6.03 Å². The van der Waals surface area contributed by atoms with E-state index in [1.54, 1.807) is 7.11 Å². The predicted octanol–water partition coefficient (Wildman–Crippen LogP) is 6.55. The molecule has 2 aromatic heterocycles. The minimum absolute atomic E-state index is 0.0525. The van der Waals surface area contributed by atoms with Gasteiger partial charge in [0.1, 0.15) is 10.8 Å². The van der Waals surface area contributed by atoms with Crippen molar-refractivity contribution in [3.8, 4) is 10.8 Å². The van der Waals surface area contributed by atoms with Crippen molar-refractivity contribution in [2.24, 2.45) is 0 Å². The van der Waals surface area contributed by atoms with Gasteiger partial charge in [-0.15, -0.1) is 11.3 Å². The van der Waals surface area contributed by atoms with Crippen LogP contribution in [0.4, 0.5) is 10.5 Å². The number of carbonyl (C=O) groups is 1. The summed E-state index contributed by atoms with van der Waals surface area (Å²) >= 11 is 1.88. The number of ether oxygens (including phenoxy) is 1. The van der Waals surface area contributed by atoms with Crippen LogP contribution in [0.5, 0.6) is 5.75 Å². The number of aryl methyl sites for hydroxylation is 1. The highest BCUT2D eigenvalue weighted by Crippen LogP contribution is 2.44. The van der Waals surface area contributed by atoms with E-state index in [0.717, 1.165) is 55.0 Å². The number of carbonyl (C=O) groups excluding carboxylic acids is 1. The van der Waals surface area contributed by atoms with Crippen LogP contribution in [-0.2, 0) is 32.4 Å². The number of likely N-dealkylation sites (N-methyl/N-ethyl adjacent to an activating group) is 1. The third kappa shape index (κ3) is 4.24. The van der Waals surface area contributed by atoms with E-state index in [0.29, 0.717) is 6.54 Å². The van der Waals surface area contributed by atoms with Crippen molar-refractivity contribution < 1.29 is 9.53 Å². The Bertz CT molecular complexity index is 1540. The molecule has 0 radical (unpaired) electrons. The fourth-order valence-corrected chi connectivity index (χ4v) is 8.02. The quantitative estimate of drug-likeness (QED) is 0.322. The zero-order valence-corrected chi connectivity index (χ0v) is 23.4. The Kier molecular flexibility index (Phi) is 6.21. The fourth-order valence-electron chi connectivity index (χ4n) is 6.57. The van der Waals surface area contributed by atoms with Gasteiger partial charge in [-0.2, -0.15) is 0 Å². The number of thiophene rings is 1. The molecule has 3 aliphatic rings. The van der Waals surface area contributed by atoms with Gasteiger partial charge in [0.05, 0.1) is 25.4 Å². The van der Waals surface area contributed by atoms with Crippen molar-refractivity contribution >= 4 is 23.1 Å². The lowest BCUT2D eigenvalue weighted by molar-refractivity contribution is 0.194. The van der Waals surface area contributed by atoms with Crippen LogP contribution in [0.2, 0.25) is 0 Å². The van der Waals surface area contributed by atoms with Gasteiger partial charge < -0.3 is 24.4 Å². The summed E-state index contributed by atoms with van der Waals surface area (Å²) in [6.45, 7) is 2.58. The first-order valence-electron chi connectivity index (χ1n) is 13.9. The van der Waals surface area contributed by atoms with Crippen LogP contribution in [0.25, 0.3) is 5.00 Å². The van der Waals surface area contributed by atoms with Crippen LogP contribution in [0, 0.1) is 0 Å². The zero-order valence-electron chi connectivity index (χ0n) is 22.6. The Morgan fingerprint density at radius 1 is 0.949 bits per heavy atom. The number of anilines is 1. The summed E-state index contributed by atoms with van der Waals surface area (Å²) in [5.74, 6) is 0.812. The third-order valence-corrected chi connectivity index (χ3v) is 9.84. The molecule has 0 spiro atoms. The summed E-state index contributed by atoms with van der Waals surface area (Å²) in [7, 11) is 3.87. The molecule has 0 unspecified atom stereocenters. The lowest BCUT2D eigenvalue weighted by Gasteiger charge is -2.32. The molecule has 1 atom stereocenters. The summed E-state index contributed by atoms with van der Waals surface area (Å²) in [4.78, 5) is 20.2. The molecule has 0 saturated heterocycles. The highest BCUT2D eigenvalue weighted by molar-refractivity contribution is 7.15.